The number of esters is 1. The highest BCUT2D eigenvalue weighted by Gasteiger charge is 2.25. The summed E-state index contributed by atoms with van der Waals surface area (Å²) in [6, 6.07) is 0. The van der Waals surface area contributed by atoms with Gasteiger partial charge in [0, 0.05) is 6.61 Å². The highest BCUT2D eigenvalue weighted by Crippen LogP contribution is 2.04. The van der Waals surface area contributed by atoms with Gasteiger partial charge in [-0.1, -0.05) is 0 Å². The van der Waals surface area contributed by atoms with Crippen LogP contribution in [0.1, 0.15) is 6.42 Å². The summed E-state index contributed by atoms with van der Waals surface area (Å²) in [5.41, 5.74) is 0. The molecule has 0 aromatic rings. The number of carboxylic acid groups (broad SMARTS) is 1. The smallest absolute Gasteiger partial charge is 0.320 e. The quantitative estimate of drug-likeness (QED) is 0.419. The van der Waals surface area contributed by atoms with Gasteiger partial charge >= 0.3 is 11.9 Å². The average Bonchev–Trinajstić information content (AvgIpc) is 1.98. The first kappa shape index (κ1) is 9.90. The predicted octanol–water partition coefficient (Wildman–Crippen LogP) is -0.757. The Labute approximate surface area is 63.6 Å². The van der Waals surface area contributed by atoms with E-state index in [4.69, 9.17) is 10.2 Å². The Morgan fingerprint density at radius 1 is 1.55 bits per heavy atom. The molecule has 0 rings (SSSR count). The molecule has 0 saturated carbocycles. The van der Waals surface area contributed by atoms with Crippen LogP contribution in [0.4, 0.5) is 0 Å². The lowest BCUT2D eigenvalue weighted by atomic mass is 10.1. The zero-order chi connectivity index (χ0) is 8.85. The number of hydrogen-bond donors (Lipinski definition) is 2. The summed E-state index contributed by atoms with van der Waals surface area (Å²) in [5.74, 6) is -3.34. The van der Waals surface area contributed by atoms with Crippen LogP contribution in [-0.2, 0) is 14.3 Å². The SMILES string of the molecule is COC(=O)C(CCO)C(=O)O. The van der Waals surface area contributed by atoms with Crippen LogP contribution in [-0.4, -0.2) is 35.9 Å². The van der Waals surface area contributed by atoms with Gasteiger partial charge in [-0.3, -0.25) is 9.59 Å². The van der Waals surface area contributed by atoms with Gasteiger partial charge in [0.05, 0.1) is 7.11 Å². The van der Waals surface area contributed by atoms with Gasteiger partial charge in [-0.15, -0.1) is 0 Å². The van der Waals surface area contributed by atoms with Gasteiger partial charge in [0.2, 0.25) is 0 Å². The minimum absolute atomic E-state index is 0.109. The van der Waals surface area contributed by atoms with E-state index in [1.165, 1.54) is 0 Å². The first-order chi connectivity index (χ1) is 5.13. The van der Waals surface area contributed by atoms with Crippen LogP contribution < -0.4 is 0 Å². The molecule has 1 unspecified atom stereocenters. The number of methoxy groups -OCH3 is 1. The molecule has 0 aliphatic carbocycles. The third-order valence-electron chi connectivity index (χ3n) is 1.20. The number of carboxylic acids is 1. The van der Waals surface area contributed by atoms with Crippen molar-refractivity contribution in [2.75, 3.05) is 13.7 Å². The molecule has 0 radical (unpaired) electrons. The molecule has 64 valence electrons. The lowest BCUT2D eigenvalue weighted by Crippen LogP contribution is -2.25. The molecule has 5 nitrogen and oxygen atoms in total. The second-order valence-electron chi connectivity index (χ2n) is 1.93. The number of rotatable bonds is 4. The number of aliphatic carboxylic acids is 1. The highest BCUT2D eigenvalue weighted by molar-refractivity contribution is 5.93. The Balaban J connectivity index is 4.09. The maximum absolute atomic E-state index is 10.6. The Morgan fingerprint density at radius 3 is 2.36 bits per heavy atom. The lowest BCUT2D eigenvalue weighted by Gasteiger charge is -2.06. The van der Waals surface area contributed by atoms with Crippen LogP contribution in [0.15, 0.2) is 0 Å². The maximum Gasteiger partial charge on any atom is 0.320 e. The Kier molecular flexibility index (Phi) is 4.21. The third kappa shape index (κ3) is 2.99. The van der Waals surface area contributed by atoms with Crippen molar-refractivity contribution in [1.29, 1.82) is 0 Å². The molecule has 0 amide bonds. The molecule has 0 spiro atoms. The van der Waals surface area contributed by atoms with Gasteiger partial charge in [0.25, 0.3) is 0 Å². The van der Waals surface area contributed by atoms with Crippen molar-refractivity contribution >= 4 is 11.9 Å². The van der Waals surface area contributed by atoms with Gasteiger partial charge in [0.15, 0.2) is 5.92 Å². The number of ether oxygens (including phenoxy) is 1. The van der Waals surface area contributed by atoms with E-state index >= 15 is 0 Å². The van der Waals surface area contributed by atoms with Crippen molar-refractivity contribution in [2.24, 2.45) is 5.92 Å². The predicted molar refractivity (Wildman–Crippen MR) is 34.8 cm³/mol. The van der Waals surface area contributed by atoms with Gasteiger partial charge in [-0.2, -0.15) is 0 Å². The maximum atomic E-state index is 10.6. The monoisotopic (exact) mass is 162 g/mol. The van der Waals surface area contributed by atoms with Crippen molar-refractivity contribution in [3.8, 4) is 0 Å². The zero-order valence-electron chi connectivity index (χ0n) is 6.11. The van der Waals surface area contributed by atoms with E-state index in [0.717, 1.165) is 7.11 Å². The molecule has 0 aliphatic heterocycles. The summed E-state index contributed by atoms with van der Waals surface area (Å²) in [4.78, 5) is 20.9. The van der Waals surface area contributed by atoms with E-state index in [2.05, 4.69) is 4.74 Å². The molecule has 0 heterocycles. The van der Waals surface area contributed by atoms with Crippen LogP contribution in [0.5, 0.6) is 0 Å². The van der Waals surface area contributed by atoms with Crippen LogP contribution in [0.2, 0.25) is 0 Å². The molecular weight excluding hydrogens is 152 g/mol. The number of aliphatic hydroxyl groups excluding tert-OH is 1. The molecule has 5 heteroatoms. The molecular formula is C6H10O5. The van der Waals surface area contributed by atoms with E-state index in [1.54, 1.807) is 0 Å². The van der Waals surface area contributed by atoms with Gasteiger partial charge in [0.1, 0.15) is 0 Å². The molecule has 1 atom stereocenters. The van der Waals surface area contributed by atoms with Crippen molar-refractivity contribution in [1.82, 2.24) is 0 Å². The molecule has 0 fully saturated rings. The summed E-state index contributed by atoms with van der Waals surface area (Å²) < 4.78 is 4.20. The van der Waals surface area contributed by atoms with Crippen LogP contribution in [0.25, 0.3) is 0 Å². The largest absolute Gasteiger partial charge is 0.481 e. The Morgan fingerprint density at radius 2 is 2.09 bits per heavy atom. The number of aliphatic hydroxyl groups is 1. The first-order valence-electron chi connectivity index (χ1n) is 3.05. The standard InChI is InChI=1S/C6H10O5/c1-11-6(10)4(2-3-7)5(8)9/h4,7H,2-3H2,1H3,(H,8,9). The van der Waals surface area contributed by atoms with E-state index in [1.807, 2.05) is 0 Å². The Hall–Kier alpha value is -1.10. The van der Waals surface area contributed by atoms with Crippen LogP contribution in [0, 0.1) is 5.92 Å². The molecule has 0 aromatic carbocycles. The summed E-state index contributed by atoms with van der Waals surface area (Å²) in [6.45, 7) is -0.341. The summed E-state index contributed by atoms with van der Waals surface area (Å²) in [6.07, 6.45) is -0.109. The van der Waals surface area contributed by atoms with Gasteiger partial charge in [-0.25, -0.2) is 0 Å². The number of carbonyl (C=O) groups excluding carboxylic acids is 1. The van der Waals surface area contributed by atoms with Gasteiger partial charge < -0.3 is 14.9 Å². The van der Waals surface area contributed by atoms with Crippen molar-refractivity contribution in [3.63, 3.8) is 0 Å². The van der Waals surface area contributed by atoms with Gasteiger partial charge in [-0.05, 0) is 6.42 Å². The van der Waals surface area contributed by atoms with Crippen LogP contribution >= 0.6 is 0 Å². The topological polar surface area (TPSA) is 83.8 Å². The summed E-state index contributed by atoms with van der Waals surface area (Å²) in [5, 5.41) is 16.8. The number of carbonyl (C=O) groups is 2. The highest BCUT2D eigenvalue weighted by atomic mass is 16.5. The first-order valence-corrected chi connectivity index (χ1v) is 3.05. The number of hydrogen-bond acceptors (Lipinski definition) is 4. The molecule has 11 heavy (non-hydrogen) atoms. The Bertz CT molecular complexity index is 153. The molecule has 0 saturated heterocycles. The minimum atomic E-state index is -1.27. The molecule has 2 N–H and O–H groups in total. The van der Waals surface area contributed by atoms with Crippen LogP contribution in [0.3, 0.4) is 0 Å². The third-order valence-corrected chi connectivity index (χ3v) is 1.20. The van der Waals surface area contributed by atoms with Crippen molar-refractivity contribution in [2.45, 2.75) is 6.42 Å². The van der Waals surface area contributed by atoms with Crippen molar-refractivity contribution < 1.29 is 24.5 Å². The fourth-order valence-corrected chi connectivity index (χ4v) is 0.614. The van der Waals surface area contributed by atoms with Crippen molar-refractivity contribution in [3.05, 3.63) is 0 Å². The summed E-state index contributed by atoms with van der Waals surface area (Å²) in [7, 11) is 1.11. The minimum Gasteiger partial charge on any atom is -0.481 e. The molecule has 0 aromatic heterocycles. The van der Waals surface area contributed by atoms with E-state index in [0.29, 0.717) is 0 Å². The average molecular weight is 162 g/mol. The van der Waals surface area contributed by atoms with E-state index < -0.39 is 17.9 Å². The zero-order valence-corrected chi connectivity index (χ0v) is 6.11. The second kappa shape index (κ2) is 4.68. The lowest BCUT2D eigenvalue weighted by molar-refractivity contribution is -0.157. The molecule has 0 aliphatic rings. The van der Waals surface area contributed by atoms with E-state index in [-0.39, 0.29) is 13.0 Å². The van der Waals surface area contributed by atoms with E-state index in [9.17, 15) is 9.59 Å². The second-order valence-corrected chi connectivity index (χ2v) is 1.93. The summed E-state index contributed by atoms with van der Waals surface area (Å²) >= 11 is 0. The fourth-order valence-electron chi connectivity index (χ4n) is 0.614. The molecule has 0 bridgehead atoms. The normalized spacial score (nSPS) is 12.2. The fraction of sp³-hybridized carbons (Fsp3) is 0.667.